The second kappa shape index (κ2) is 6.73. The van der Waals surface area contributed by atoms with Gasteiger partial charge in [-0.25, -0.2) is 0 Å². The van der Waals surface area contributed by atoms with Gasteiger partial charge in [0.05, 0.1) is 22.0 Å². The monoisotopic (exact) mass is 340 g/mol. The first-order chi connectivity index (χ1) is 9.84. The molecule has 0 bridgehead atoms. The van der Waals surface area contributed by atoms with Crippen LogP contribution in [-0.2, 0) is 0 Å². The zero-order chi connectivity index (χ0) is 15.6. The van der Waals surface area contributed by atoms with Crippen molar-refractivity contribution < 1.29 is 13.2 Å². The van der Waals surface area contributed by atoms with Gasteiger partial charge in [-0.15, -0.1) is 0 Å². The van der Waals surface area contributed by atoms with Crippen molar-refractivity contribution in [3.63, 3.8) is 0 Å². The van der Waals surface area contributed by atoms with Gasteiger partial charge in [-0.05, 0) is 36.8 Å². The van der Waals surface area contributed by atoms with Crippen molar-refractivity contribution in [1.82, 2.24) is 5.43 Å². The maximum Gasteiger partial charge on any atom is 0.391 e. The highest BCUT2D eigenvalue weighted by Gasteiger charge is 2.43. The van der Waals surface area contributed by atoms with Crippen LogP contribution in [0.3, 0.4) is 0 Å². The van der Waals surface area contributed by atoms with Crippen molar-refractivity contribution in [1.29, 1.82) is 0 Å². The Bertz CT molecular complexity index is 494. The largest absolute Gasteiger partial charge is 0.391 e. The molecule has 1 aliphatic carbocycles. The molecule has 0 aromatic heterocycles. The molecular formula is C14H17Cl2F3N2. The molecule has 2 nitrogen and oxygen atoms in total. The molecule has 1 saturated carbocycles. The van der Waals surface area contributed by atoms with Gasteiger partial charge in [0.2, 0.25) is 0 Å². The van der Waals surface area contributed by atoms with Crippen LogP contribution in [0.15, 0.2) is 18.2 Å². The van der Waals surface area contributed by atoms with Gasteiger partial charge in [-0.1, -0.05) is 41.8 Å². The molecular weight excluding hydrogens is 324 g/mol. The summed E-state index contributed by atoms with van der Waals surface area (Å²) >= 11 is 12.1. The van der Waals surface area contributed by atoms with Crippen LogP contribution in [0.1, 0.15) is 37.3 Å². The van der Waals surface area contributed by atoms with Crippen LogP contribution in [0.4, 0.5) is 13.2 Å². The first-order valence-electron chi connectivity index (χ1n) is 6.81. The summed E-state index contributed by atoms with van der Waals surface area (Å²) in [5.74, 6) is 4.09. The molecule has 21 heavy (non-hydrogen) atoms. The lowest BCUT2D eigenvalue weighted by atomic mass is 9.76. The maximum absolute atomic E-state index is 12.9. The Hall–Kier alpha value is -0.490. The second-order valence-electron chi connectivity index (χ2n) is 5.45. The number of benzene rings is 1. The summed E-state index contributed by atoms with van der Waals surface area (Å²) in [4.78, 5) is 0. The van der Waals surface area contributed by atoms with Gasteiger partial charge in [0.25, 0.3) is 0 Å². The fraction of sp³-hybridized carbons (Fsp3) is 0.571. The number of hydrazine groups is 1. The van der Waals surface area contributed by atoms with E-state index in [0.717, 1.165) is 0 Å². The fourth-order valence-electron chi connectivity index (χ4n) is 3.07. The first kappa shape index (κ1) is 16.9. The van der Waals surface area contributed by atoms with E-state index in [-0.39, 0.29) is 18.8 Å². The van der Waals surface area contributed by atoms with E-state index in [0.29, 0.717) is 28.5 Å². The van der Waals surface area contributed by atoms with Gasteiger partial charge in [0.1, 0.15) is 0 Å². The summed E-state index contributed by atoms with van der Waals surface area (Å²) in [5.41, 5.74) is 3.27. The highest BCUT2D eigenvalue weighted by molar-refractivity contribution is 6.42. The molecule has 0 radical (unpaired) electrons. The molecule has 3 N–H and O–H groups in total. The minimum Gasteiger partial charge on any atom is -0.271 e. The van der Waals surface area contributed by atoms with Crippen molar-refractivity contribution in [3.05, 3.63) is 33.8 Å². The molecule has 0 aliphatic heterocycles. The van der Waals surface area contributed by atoms with E-state index >= 15 is 0 Å². The number of hydrogen-bond acceptors (Lipinski definition) is 2. The quantitative estimate of drug-likeness (QED) is 0.608. The molecule has 1 aromatic rings. The van der Waals surface area contributed by atoms with E-state index in [1.165, 1.54) is 0 Å². The zero-order valence-electron chi connectivity index (χ0n) is 11.3. The summed E-state index contributed by atoms with van der Waals surface area (Å²) in [6.45, 7) is 0. The lowest BCUT2D eigenvalue weighted by Crippen LogP contribution is -2.38. The smallest absolute Gasteiger partial charge is 0.271 e. The fourth-order valence-corrected chi connectivity index (χ4v) is 3.49. The van der Waals surface area contributed by atoms with E-state index in [1.807, 2.05) is 0 Å². The molecule has 0 amide bonds. The first-order valence-corrected chi connectivity index (χ1v) is 7.57. The lowest BCUT2D eigenvalue weighted by molar-refractivity contribution is -0.186. The predicted octanol–water partition coefficient (Wildman–Crippen LogP) is 4.87. The number of hydrogen-bond donors (Lipinski definition) is 2. The Morgan fingerprint density at radius 2 is 1.95 bits per heavy atom. The van der Waals surface area contributed by atoms with E-state index in [9.17, 15) is 13.2 Å². The zero-order valence-corrected chi connectivity index (χ0v) is 12.8. The van der Waals surface area contributed by atoms with Crippen LogP contribution in [0.2, 0.25) is 10.0 Å². The molecule has 118 valence electrons. The molecule has 0 saturated heterocycles. The third-order valence-electron chi connectivity index (χ3n) is 4.15. The van der Waals surface area contributed by atoms with Crippen LogP contribution in [-0.4, -0.2) is 6.18 Å². The summed E-state index contributed by atoms with van der Waals surface area (Å²) in [7, 11) is 0. The molecule has 1 aromatic carbocycles. The molecule has 3 unspecified atom stereocenters. The predicted molar refractivity (Wildman–Crippen MR) is 78.0 cm³/mol. The Kier molecular flexibility index (Phi) is 5.41. The number of halogens is 5. The topological polar surface area (TPSA) is 38.0 Å². The lowest BCUT2D eigenvalue weighted by Gasteiger charge is -2.35. The van der Waals surface area contributed by atoms with Gasteiger partial charge in [-0.3, -0.25) is 11.3 Å². The Morgan fingerprint density at radius 3 is 2.57 bits per heavy atom. The van der Waals surface area contributed by atoms with Crippen LogP contribution >= 0.6 is 23.2 Å². The average Bonchev–Trinajstić information content (AvgIpc) is 2.44. The number of rotatable bonds is 3. The summed E-state index contributed by atoms with van der Waals surface area (Å²) in [6.07, 6.45) is -2.70. The minimum absolute atomic E-state index is 0.0568. The Labute approximate surface area is 131 Å². The van der Waals surface area contributed by atoms with Crippen molar-refractivity contribution in [3.8, 4) is 0 Å². The maximum atomic E-state index is 12.9. The van der Waals surface area contributed by atoms with Gasteiger partial charge in [0, 0.05) is 0 Å². The summed E-state index contributed by atoms with van der Waals surface area (Å²) in [5, 5.41) is 0.717. The molecule has 0 heterocycles. The standard InChI is InChI=1S/C14H17Cl2F3N2/c15-11-6-2-5-10(12(11)16)13(21-20)8-3-1-4-9(7-8)14(17,18)19/h2,5-6,8-9,13,21H,1,3-4,7,20H2. The Balaban J connectivity index is 2.23. The molecule has 0 spiro atoms. The van der Waals surface area contributed by atoms with Gasteiger partial charge in [0.15, 0.2) is 0 Å². The highest BCUT2D eigenvalue weighted by atomic mass is 35.5. The van der Waals surface area contributed by atoms with Crippen molar-refractivity contribution in [2.45, 2.75) is 37.9 Å². The Morgan fingerprint density at radius 1 is 1.24 bits per heavy atom. The second-order valence-corrected chi connectivity index (χ2v) is 6.24. The molecule has 3 atom stereocenters. The molecule has 2 rings (SSSR count). The van der Waals surface area contributed by atoms with E-state index in [1.54, 1.807) is 18.2 Å². The minimum atomic E-state index is -4.16. The summed E-state index contributed by atoms with van der Waals surface area (Å²) < 4.78 is 38.8. The normalized spacial score (nSPS) is 24.9. The average molecular weight is 341 g/mol. The third-order valence-corrected chi connectivity index (χ3v) is 4.98. The van der Waals surface area contributed by atoms with Gasteiger partial charge >= 0.3 is 6.18 Å². The van der Waals surface area contributed by atoms with Gasteiger partial charge < -0.3 is 0 Å². The van der Waals surface area contributed by atoms with Crippen molar-refractivity contribution in [2.24, 2.45) is 17.7 Å². The van der Waals surface area contributed by atoms with E-state index in [2.05, 4.69) is 5.43 Å². The van der Waals surface area contributed by atoms with Gasteiger partial charge in [-0.2, -0.15) is 13.2 Å². The number of alkyl halides is 3. The SMILES string of the molecule is NNC(c1cccc(Cl)c1Cl)C1CCCC(C(F)(F)F)C1. The molecule has 7 heteroatoms. The van der Waals surface area contributed by atoms with E-state index < -0.39 is 18.1 Å². The molecule has 1 aliphatic rings. The van der Waals surface area contributed by atoms with Crippen LogP contribution in [0.25, 0.3) is 0 Å². The van der Waals surface area contributed by atoms with Crippen molar-refractivity contribution >= 4 is 23.2 Å². The van der Waals surface area contributed by atoms with Crippen LogP contribution in [0, 0.1) is 11.8 Å². The summed E-state index contributed by atoms with van der Waals surface area (Å²) in [6, 6.07) is 4.68. The van der Waals surface area contributed by atoms with Crippen LogP contribution < -0.4 is 11.3 Å². The highest BCUT2D eigenvalue weighted by Crippen LogP contribution is 2.45. The molecule has 1 fully saturated rings. The van der Waals surface area contributed by atoms with E-state index in [4.69, 9.17) is 29.0 Å². The number of nitrogens with two attached hydrogens (primary N) is 1. The number of nitrogens with one attached hydrogen (secondary N) is 1. The van der Waals surface area contributed by atoms with Crippen molar-refractivity contribution in [2.75, 3.05) is 0 Å². The third kappa shape index (κ3) is 3.83. The van der Waals surface area contributed by atoms with Crippen LogP contribution in [0.5, 0.6) is 0 Å².